The van der Waals surface area contributed by atoms with Crippen molar-refractivity contribution in [3.05, 3.63) is 96.1 Å². The second-order valence-electron chi connectivity index (χ2n) is 5.66. The first-order valence-electron chi connectivity index (χ1n) is 8.39. The number of hydrogen-bond acceptors (Lipinski definition) is 5. The molecule has 0 saturated heterocycles. The molecule has 0 radical (unpaired) electrons. The van der Waals surface area contributed by atoms with Gasteiger partial charge in [-0.2, -0.15) is 0 Å². The molecule has 0 fully saturated rings. The van der Waals surface area contributed by atoms with Crippen molar-refractivity contribution in [3.8, 4) is 11.5 Å². The molecule has 0 unspecified atom stereocenters. The molecule has 0 aliphatic heterocycles. The molecule has 0 N–H and O–H groups in total. The van der Waals surface area contributed by atoms with Crippen LogP contribution < -0.4 is 9.47 Å². The van der Waals surface area contributed by atoms with Crippen molar-refractivity contribution >= 4 is 5.97 Å². The zero-order valence-corrected chi connectivity index (χ0v) is 15.1. The Kier molecular flexibility index (Phi) is 5.86. The van der Waals surface area contributed by atoms with E-state index in [0.717, 1.165) is 0 Å². The molecule has 5 nitrogen and oxygen atoms in total. The van der Waals surface area contributed by atoms with Crippen LogP contribution in [0.15, 0.2) is 84.9 Å². The summed E-state index contributed by atoms with van der Waals surface area (Å²) < 4.78 is 22.3. The van der Waals surface area contributed by atoms with Gasteiger partial charge in [-0.3, -0.25) is 0 Å². The first kappa shape index (κ1) is 18.6. The molecular weight excluding hydrogens is 344 g/mol. The van der Waals surface area contributed by atoms with Gasteiger partial charge in [-0.25, -0.2) is 4.79 Å². The number of para-hydroxylation sites is 2. The third-order valence-corrected chi connectivity index (χ3v) is 3.96. The van der Waals surface area contributed by atoms with Gasteiger partial charge in [-0.1, -0.05) is 36.4 Å². The van der Waals surface area contributed by atoms with Crippen molar-refractivity contribution in [3.63, 3.8) is 0 Å². The maximum atomic E-state index is 12.3. The molecule has 138 valence electrons. The molecule has 0 spiro atoms. The molecule has 0 amide bonds. The Morgan fingerprint density at radius 3 is 1.74 bits per heavy atom. The highest BCUT2D eigenvalue weighted by Gasteiger charge is 2.35. The quantitative estimate of drug-likeness (QED) is 0.354. The lowest BCUT2D eigenvalue weighted by atomic mass is 10.1. The maximum Gasteiger partial charge on any atom is 0.355 e. The maximum absolute atomic E-state index is 12.3. The predicted octanol–water partition coefficient (Wildman–Crippen LogP) is 4.39. The average Bonchev–Trinajstić information content (AvgIpc) is 2.74. The van der Waals surface area contributed by atoms with Crippen LogP contribution in [-0.4, -0.2) is 20.2 Å². The average molecular weight is 364 g/mol. The summed E-state index contributed by atoms with van der Waals surface area (Å²) in [5.41, 5.74) is 1.01. The Bertz CT molecular complexity index is 856. The van der Waals surface area contributed by atoms with Crippen molar-refractivity contribution in [2.75, 3.05) is 14.2 Å². The van der Waals surface area contributed by atoms with E-state index in [9.17, 15) is 4.79 Å². The van der Waals surface area contributed by atoms with Crippen LogP contribution in [0.2, 0.25) is 0 Å². The highest BCUT2D eigenvalue weighted by Crippen LogP contribution is 2.30. The van der Waals surface area contributed by atoms with Crippen LogP contribution >= 0.6 is 0 Å². The Morgan fingerprint density at radius 2 is 1.22 bits per heavy atom. The van der Waals surface area contributed by atoms with Crippen LogP contribution in [0.25, 0.3) is 0 Å². The zero-order valence-electron chi connectivity index (χ0n) is 15.1. The monoisotopic (exact) mass is 364 g/mol. The standard InChI is InChI=1S/C22H20O5/c1-24-22(25-2,27-20-11-7-4-8-12-20)18-15-13-17(14-16-18)21(23)26-19-9-5-3-6-10-19/h3-16H,1-2H3. The van der Waals surface area contributed by atoms with Gasteiger partial charge in [0.1, 0.15) is 11.5 Å². The summed E-state index contributed by atoms with van der Waals surface area (Å²) in [5, 5.41) is 0. The summed E-state index contributed by atoms with van der Waals surface area (Å²) in [6, 6.07) is 24.8. The molecule has 0 bridgehead atoms. The number of methoxy groups -OCH3 is 2. The number of esters is 1. The lowest BCUT2D eigenvalue weighted by Gasteiger charge is -2.31. The van der Waals surface area contributed by atoms with Crippen molar-refractivity contribution in [1.82, 2.24) is 0 Å². The second-order valence-corrected chi connectivity index (χ2v) is 5.66. The zero-order chi connectivity index (χ0) is 19.1. The van der Waals surface area contributed by atoms with Crippen molar-refractivity contribution in [2.24, 2.45) is 0 Å². The summed E-state index contributed by atoms with van der Waals surface area (Å²) >= 11 is 0. The van der Waals surface area contributed by atoms with E-state index in [2.05, 4.69) is 0 Å². The smallest absolute Gasteiger partial charge is 0.355 e. The first-order valence-corrected chi connectivity index (χ1v) is 8.39. The number of hydrogen-bond donors (Lipinski definition) is 0. The molecule has 3 rings (SSSR count). The van der Waals surface area contributed by atoms with Crippen LogP contribution in [0.3, 0.4) is 0 Å². The number of carbonyl (C=O) groups is 1. The van der Waals surface area contributed by atoms with Gasteiger partial charge in [-0.15, -0.1) is 0 Å². The Balaban J connectivity index is 1.80. The van der Waals surface area contributed by atoms with Gasteiger partial charge in [0.05, 0.1) is 11.1 Å². The van der Waals surface area contributed by atoms with Crippen molar-refractivity contribution in [1.29, 1.82) is 0 Å². The fourth-order valence-corrected chi connectivity index (χ4v) is 2.57. The van der Waals surface area contributed by atoms with E-state index >= 15 is 0 Å². The molecule has 3 aromatic carbocycles. The van der Waals surface area contributed by atoms with Gasteiger partial charge in [0.25, 0.3) is 0 Å². The van der Waals surface area contributed by atoms with Gasteiger partial charge in [0.15, 0.2) is 0 Å². The van der Waals surface area contributed by atoms with Crippen LogP contribution in [0.4, 0.5) is 0 Å². The van der Waals surface area contributed by atoms with E-state index in [-0.39, 0.29) is 0 Å². The minimum Gasteiger partial charge on any atom is -0.435 e. The minimum atomic E-state index is -1.43. The van der Waals surface area contributed by atoms with E-state index in [4.69, 9.17) is 18.9 Å². The first-order chi connectivity index (χ1) is 13.2. The number of benzene rings is 3. The normalized spacial score (nSPS) is 11.0. The van der Waals surface area contributed by atoms with E-state index in [1.165, 1.54) is 14.2 Å². The fourth-order valence-electron chi connectivity index (χ4n) is 2.57. The van der Waals surface area contributed by atoms with Crippen LogP contribution in [0, 0.1) is 0 Å². The Labute approximate surface area is 158 Å². The van der Waals surface area contributed by atoms with Gasteiger partial charge >= 0.3 is 11.9 Å². The molecule has 0 atom stereocenters. The summed E-state index contributed by atoms with van der Waals surface area (Å²) in [5.74, 6) is -0.795. The van der Waals surface area contributed by atoms with Crippen LogP contribution in [0.5, 0.6) is 11.5 Å². The Morgan fingerprint density at radius 1 is 0.704 bits per heavy atom. The molecule has 0 heterocycles. The summed E-state index contributed by atoms with van der Waals surface area (Å²) in [6.07, 6.45) is 0. The predicted molar refractivity (Wildman–Crippen MR) is 101 cm³/mol. The molecule has 5 heteroatoms. The van der Waals surface area contributed by atoms with E-state index in [0.29, 0.717) is 22.6 Å². The summed E-state index contributed by atoms with van der Waals surface area (Å²) in [4.78, 5) is 12.3. The SMILES string of the molecule is COC(OC)(Oc1ccccc1)c1ccc(C(=O)Oc2ccccc2)cc1. The number of ether oxygens (including phenoxy) is 4. The van der Waals surface area contributed by atoms with Crippen LogP contribution in [-0.2, 0) is 15.4 Å². The molecular formula is C22H20O5. The van der Waals surface area contributed by atoms with Gasteiger partial charge in [-0.05, 0) is 48.5 Å². The third-order valence-electron chi connectivity index (χ3n) is 3.96. The second kappa shape index (κ2) is 8.49. The minimum absolute atomic E-state index is 0.406. The number of rotatable bonds is 7. The van der Waals surface area contributed by atoms with Gasteiger partial charge in [0, 0.05) is 14.2 Å². The molecule has 0 aliphatic carbocycles. The van der Waals surface area contributed by atoms with Crippen LogP contribution in [0.1, 0.15) is 15.9 Å². The molecule has 27 heavy (non-hydrogen) atoms. The highest BCUT2D eigenvalue weighted by atomic mass is 16.9. The third kappa shape index (κ3) is 4.34. The molecule has 0 aliphatic rings. The summed E-state index contributed by atoms with van der Waals surface area (Å²) in [7, 11) is 2.98. The fraction of sp³-hybridized carbons (Fsp3) is 0.136. The van der Waals surface area contributed by atoms with Crippen molar-refractivity contribution < 1.29 is 23.7 Å². The number of carbonyl (C=O) groups excluding carboxylic acids is 1. The van der Waals surface area contributed by atoms with E-state index < -0.39 is 11.9 Å². The van der Waals surface area contributed by atoms with E-state index in [1.54, 1.807) is 60.7 Å². The lowest BCUT2D eigenvalue weighted by Crippen LogP contribution is -2.37. The Hall–Kier alpha value is -3.15. The molecule has 0 aromatic heterocycles. The topological polar surface area (TPSA) is 54.0 Å². The molecule has 3 aromatic rings. The largest absolute Gasteiger partial charge is 0.435 e. The lowest BCUT2D eigenvalue weighted by molar-refractivity contribution is -0.334. The van der Waals surface area contributed by atoms with E-state index in [1.807, 2.05) is 24.3 Å². The highest BCUT2D eigenvalue weighted by molar-refractivity contribution is 5.91. The van der Waals surface area contributed by atoms with Gasteiger partial charge in [0.2, 0.25) is 0 Å². The molecule has 0 saturated carbocycles. The van der Waals surface area contributed by atoms with Gasteiger partial charge < -0.3 is 18.9 Å². The van der Waals surface area contributed by atoms with Crippen molar-refractivity contribution in [2.45, 2.75) is 5.97 Å². The summed E-state index contributed by atoms with van der Waals surface area (Å²) in [6.45, 7) is 0.